The maximum absolute atomic E-state index is 12.7. The van der Waals surface area contributed by atoms with Crippen molar-refractivity contribution >= 4 is 29.7 Å². The number of aromatic nitrogens is 2. The highest BCUT2D eigenvalue weighted by Gasteiger charge is 2.49. The molecule has 9 nitrogen and oxygen atoms in total. The molecular formula is C19H27N7O2S. The van der Waals surface area contributed by atoms with Gasteiger partial charge in [-0.2, -0.15) is 0 Å². The number of likely N-dealkylation sites (N-methyl/N-ethyl adjacent to an activating group) is 1. The van der Waals surface area contributed by atoms with Crippen molar-refractivity contribution in [1.29, 1.82) is 0 Å². The Balaban J connectivity index is 1.53. The summed E-state index contributed by atoms with van der Waals surface area (Å²) in [5.74, 6) is 1.29. The van der Waals surface area contributed by atoms with Gasteiger partial charge in [0.25, 0.3) is 5.91 Å². The van der Waals surface area contributed by atoms with E-state index < -0.39 is 12.2 Å². The lowest BCUT2D eigenvalue weighted by Gasteiger charge is -2.37. The van der Waals surface area contributed by atoms with Gasteiger partial charge in [0.1, 0.15) is 0 Å². The fourth-order valence-electron chi connectivity index (χ4n) is 4.02. The smallest absolute Gasteiger partial charge is 0.325 e. The number of fused-ring (bicyclic) bond motifs is 1. The van der Waals surface area contributed by atoms with Crippen molar-refractivity contribution in [3.63, 3.8) is 0 Å². The van der Waals surface area contributed by atoms with Crippen LogP contribution in [0, 0.1) is 6.92 Å². The zero-order valence-corrected chi connectivity index (χ0v) is 17.7. The van der Waals surface area contributed by atoms with Crippen LogP contribution < -0.4 is 5.32 Å². The Morgan fingerprint density at radius 2 is 1.97 bits per heavy atom. The number of aliphatic imine (C=N–C) groups is 1. The minimum absolute atomic E-state index is 0.275. The van der Waals surface area contributed by atoms with Gasteiger partial charge in [-0.3, -0.25) is 10.1 Å². The van der Waals surface area contributed by atoms with Gasteiger partial charge in [-0.05, 0) is 25.8 Å². The molecular weight excluding hydrogens is 390 g/mol. The molecule has 0 bridgehead atoms. The highest BCUT2D eigenvalue weighted by molar-refractivity contribution is 7.99. The van der Waals surface area contributed by atoms with Crippen molar-refractivity contribution in [2.75, 3.05) is 32.4 Å². The molecule has 3 amide bonds. The van der Waals surface area contributed by atoms with Crippen molar-refractivity contribution in [2.45, 2.75) is 50.0 Å². The number of amides is 3. The predicted octanol–water partition coefficient (Wildman–Crippen LogP) is 1.30. The number of likely N-dealkylation sites (tertiary alicyclic amines) is 1. The van der Waals surface area contributed by atoms with Crippen molar-refractivity contribution < 1.29 is 9.59 Å². The molecule has 29 heavy (non-hydrogen) atoms. The summed E-state index contributed by atoms with van der Waals surface area (Å²) >= 11 is 1.57. The summed E-state index contributed by atoms with van der Waals surface area (Å²) in [5.41, 5.74) is 0.933. The molecule has 2 saturated heterocycles. The minimum Gasteiger partial charge on any atom is -0.343 e. The van der Waals surface area contributed by atoms with Gasteiger partial charge in [0.05, 0.1) is 0 Å². The number of carbonyl (C=O) groups is 2. The Morgan fingerprint density at radius 1 is 1.21 bits per heavy atom. The molecule has 2 atom stereocenters. The van der Waals surface area contributed by atoms with E-state index >= 15 is 0 Å². The first kappa shape index (κ1) is 19.9. The molecule has 2 fully saturated rings. The monoisotopic (exact) mass is 417 g/mol. The van der Waals surface area contributed by atoms with Crippen LogP contribution in [-0.2, 0) is 4.79 Å². The van der Waals surface area contributed by atoms with Crippen LogP contribution in [0.5, 0.6) is 0 Å². The van der Waals surface area contributed by atoms with Crippen LogP contribution >= 0.6 is 11.8 Å². The molecule has 0 saturated carbocycles. The molecule has 1 aromatic heterocycles. The van der Waals surface area contributed by atoms with E-state index in [1.165, 1.54) is 17.7 Å². The van der Waals surface area contributed by atoms with E-state index in [0.717, 1.165) is 48.5 Å². The van der Waals surface area contributed by atoms with Crippen LogP contribution in [-0.4, -0.2) is 87.2 Å². The van der Waals surface area contributed by atoms with E-state index in [0.29, 0.717) is 6.54 Å². The number of imide groups is 1. The lowest BCUT2D eigenvalue weighted by atomic mass is 10.1. The number of carbonyl (C=O) groups excluding carboxylic acids is 2. The van der Waals surface area contributed by atoms with Crippen LogP contribution in [0.15, 0.2) is 22.4 Å². The predicted molar refractivity (Wildman–Crippen MR) is 111 cm³/mol. The topological polar surface area (TPSA) is 94.0 Å². The Kier molecular flexibility index (Phi) is 5.89. The van der Waals surface area contributed by atoms with E-state index in [1.807, 2.05) is 13.0 Å². The molecule has 2 unspecified atom stereocenters. The van der Waals surface area contributed by atoms with Crippen LogP contribution in [0.2, 0.25) is 0 Å². The van der Waals surface area contributed by atoms with Crippen LogP contribution in [0.4, 0.5) is 4.79 Å². The Labute approximate surface area is 174 Å². The molecule has 1 aromatic rings. The number of hydrogen-bond donors (Lipinski definition) is 1. The van der Waals surface area contributed by atoms with E-state index in [9.17, 15) is 9.59 Å². The van der Waals surface area contributed by atoms with Gasteiger partial charge < -0.3 is 14.7 Å². The lowest BCUT2D eigenvalue weighted by molar-refractivity contribution is -0.127. The normalized spacial score (nSPS) is 24.9. The second-order valence-corrected chi connectivity index (χ2v) is 8.68. The first-order chi connectivity index (χ1) is 14.0. The molecule has 3 aliphatic heterocycles. The molecule has 4 heterocycles. The molecule has 0 spiro atoms. The summed E-state index contributed by atoms with van der Waals surface area (Å²) < 4.78 is 0. The zero-order chi connectivity index (χ0) is 20.4. The second kappa shape index (κ2) is 8.56. The molecule has 0 aromatic carbocycles. The van der Waals surface area contributed by atoms with E-state index in [1.54, 1.807) is 25.0 Å². The van der Waals surface area contributed by atoms with Crippen molar-refractivity contribution in [3.8, 4) is 0 Å². The van der Waals surface area contributed by atoms with Crippen LogP contribution in [0.25, 0.3) is 0 Å². The average molecular weight is 418 g/mol. The van der Waals surface area contributed by atoms with Crippen LogP contribution in [0.1, 0.15) is 31.4 Å². The molecule has 0 aliphatic carbocycles. The third-order valence-electron chi connectivity index (χ3n) is 5.56. The standard InChI is InChI=1S/C19H27N7O2S/c1-13-7-8-20-17(21-13)29-12-11-26-14-15(24(2)19(28)23-16(14)27)22-18(26)25-9-5-3-4-6-10-25/h7-8,14-15H,3-6,9-12H2,1-2H3,(H,23,27,28). The number of aryl methyl sites for hydroxylation is 1. The van der Waals surface area contributed by atoms with Gasteiger partial charge in [0, 0.05) is 44.3 Å². The van der Waals surface area contributed by atoms with E-state index in [4.69, 9.17) is 4.99 Å². The molecule has 4 rings (SSSR count). The first-order valence-electron chi connectivity index (χ1n) is 10.1. The van der Waals surface area contributed by atoms with Crippen LogP contribution in [0.3, 0.4) is 0 Å². The summed E-state index contributed by atoms with van der Waals surface area (Å²) in [6.45, 7) is 4.44. The quantitative estimate of drug-likeness (QED) is 0.583. The number of guanidine groups is 1. The Hall–Kier alpha value is -2.36. The Bertz CT molecular complexity index is 810. The molecule has 0 radical (unpaired) electrons. The zero-order valence-electron chi connectivity index (χ0n) is 16.9. The molecule has 156 valence electrons. The summed E-state index contributed by atoms with van der Waals surface area (Å²) in [7, 11) is 1.70. The number of urea groups is 1. The first-order valence-corrected chi connectivity index (χ1v) is 11.1. The summed E-state index contributed by atoms with van der Waals surface area (Å²) in [4.78, 5) is 44.3. The number of nitrogens with zero attached hydrogens (tertiary/aromatic N) is 6. The Morgan fingerprint density at radius 3 is 2.69 bits per heavy atom. The lowest BCUT2D eigenvalue weighted by Crippen LogP contribution is -2.64. The number of thioether (sulfide) groups is 1. The third kappa shape index (κ3) is 4.17. The number of nitrogens with one attached hydrogen (secondary N) is 1. The average Bonchev–Trinajstić information content (AvgIpc) is 2.87. The summed E-state index contributed by atoms with van der Waals surface area (Å²) in [6.07, 6.45) is 5.96. The molecule has 10 heteroatoms. The van der Waals surface area contributed by atoms with E-state index in [-0.39, 0.29) is 11.9 Å². The van der Waals surface area contributed by atoms with Crippen molar-refractivity contribution in [1.82, 2.24) is 30.0 Å². The number of hydrogen-bond acceptors (Lipinski definition) is 8. The van der Waals surface area contributed by atoms with Gasteiger partial charge in [-0.25, -0.2) is 19.8 Å². The summed E-state index contributed by atoms with van der Waals surface area (Å²) in [5, 5.41) is 3.20. The van der Waals surface area contributed by atoms with Gasteiger partial charge >= 0.3 is 6.03 Å². The van der Waals surface area contributed by atoms with Crippen molar-refractivity contribution in [2.24, 2.45) is 4.99 Å². The van der Waals surface area contributed by atoms with E-state index in [2.05, 4.69) is 25.1 Å². The second-order valence-electron chi connectivity index (χ2n) is 7.62. The van der Waals surface area contributed by atoms with Gasteiger partial charge in [0.15, 0.2) is 23.3 Å². The van der Waals surface area contributed by atoms with Crippen molar-refractivity contribution in [3.05, 3.63) is 18.0 Å². The highest BCUT2D eigenvalue weighted by Crippen LogP contribution is 2.27. The minimum atomic E-state index is -0.491. The summed E-state index contributed by atoms with van der Waals surface area (Å²) in [6, 6.07) is 0.993. The number of rotatable bonds is 4. The van der Waals surface area contributed by atoms with Gasteiger partial charge in [-0.15, -0.1) is 0 Å². The molecule has 3 aliphatic rings. The van der Waals surface area contributed by atoms with Gasteiger partial charge in [-0.1, -0.05) is 24.6 Å². The highest BCUT2D eigenvalue weighted by atomic mass is 32.2. The largest absolute Gasteiger partial charge is 0.343 e. The third-order valence-corrected chi connectivity index (χ3v) is 6.41. The SMILES string of the molecule is Cc1ccnc(SCCN2C(N3CCCCCC3)=NC3C2C(=O)NC(=O)N3C)n1. The maximum Gasteiger partial charge on any atom is 0.325 e. The maximum atomic E-state index is 12.7. The van der Waals surface area contributed by atoms with Gasteiger partial charge in [0.2, 0.25) is 0 Å². The fourth-order valence-corrected chi connectivity index (χ4v) is 4.83. The molecule has 1 N–H and O–H groups in total. The fraction of sp³-hybridized carbons (Fsp3) is 0.632.